The van der Waals surface area contributed by atoms with Crippen molar-refractivity contribution < 1.29 is 23.5 Å². The summed E-state index contributed by atoms with van der Waals surface area (Å²) in [6.07, 6.45) is 4.33. The van der Waals surface area contributed by atoms with Crippen LogP contribution in [0, 0.1) is 6.92 Å². The van der Waals surface area contributed by atoms with Gasteiger partial charge in [0, 0.05) is 40.5 Å². The molecular weight excluding hydrogens is 615 g/mol. The van der Waals surface area contributed by atoms with Gasteiger partial charge in [0.1, 0.15) is 17.9 Å². The molecule has 0 saturated heterocycles. The second-order valence-electron chi connectivity index (χ2n) is 9.99. The first-order valence-corrected chi connectivity index (χ1v) is 14.6. The summed E-state index contributed by atoms with van der Waals surface area (Å²) in [7, 11) is 1.56. The number of carbonyl (C=O) groups excluding carboxylic acids is 3. The Kier molecular flexibility index (Phi) is 9.82. The first-order chi connectivity index (χ1) is 21.7. The van der Waals surface area contributed by atoms with Gasteiger partial charge in [0.2, 0.25) is 11.8 Å². The zero-order valence-corrected chi connectivity index (χ0v) is 25.9. The number of para-hydroxylation sites is 1. The first-order valence-electron chi connectivity index (χ1n) is 13.8. The molecule has 0 spiro atoms. The third-order valence-corrected chi connectivity index (χ3v) is 7.63. The van der Waals surface area contributed by atoms with E-state index < -0.39 is 11.8 Å². The molecule has 2 N–H and O–H groups in total. The number of carbonyl (C=O) groups is 3. The molecule has 0 unspecified atom stereocenters. The summed E-state index contributed by atoms with van der Waals surface area (Å²) in [4.78, 5) is 43.4. The number of rotatable bonds is 10. The Hall–Kier alpha value is -5.12. The van der Waals surface area contributed by atoms with E-state index in [1.807, 2.05) is 37.3 Å². The van der Waals surface area contributed by atoms with E-state index in [0.29, 0.717) is 27.7 Å². The Morgan fingerprint density at radius 1 is 0.978 bits per heavy atom. The van der Waals surface area contributed by atoms with Crippen LogP contribution in [0.15, 0.2) is 95.6 Å². The zero-order chi connectivity index (χ0) is 31.9. The number of fused-ring (bicyclic) bond motifs is 1. The molecule has 11 heteroatoms. The van der Waals surface area contributed by atoms with Gasteiger partial charge in [-0.25, -0.2) is 4.98 Å². The fourth-order valence-electron chi connectivity index (χ4n) is 4.38. The van der Waals surface area contributed by atoms with Crippen LogP contribution in [0.1, 0.15) is 27.4 Å². The number of aryl methyl sites for hydroxylation is 1. The molecule has 0 radical (unpaired) electrons. The number of likely N-dealkylation sites (N-methyl/N-ethyl adjacent to an activating group) is 1. The number of hydrogen-bond acceptors (Lipinski definition) is 6. The number of nitrogens with zero attached hydrogens (tertiary/aromatic N) is 2. The van der Waals surface area contributed by atoms with E-state index in [9.17, 15) is 14.4 Å². The van der Waals surface area contributed by atoms with Crippen molar-refractivity contribution >= 4 is 69.3 Å². The molecule has 228 valence electrons. The summed E-state index contributed by atoms with van der Waals surface area (Å²) < 4.78 is 11.2. The Morgan fingerprint density at radius 2 is 1.78 bits per heavy atom. The lowest BCUT2D eigenvalue weighted by Crippen LogP contribution is -2.37. The number of hydrogen-bond donors (Lipinski definition) is 2. The van der Waals surface area contributed by atoms with Crippen LogP contribution in [0.5, 0.6) is 5.75 Å². The van der Waals surface area contributed by atoms with Gasteiger partial charge in [-0.1, -0.05) is 53.5 Å². The molecule has 3 amide bonds. The minimum Gasteiger partial charge on any atom is -0.487 e. The van der Waals surface area contributed by atoms with Crippen LogP contribution in [-0.2, 0) is 16.2 Å². The van der Waals surface area contributed by atoms with Gasteiger partial charge in [0.05, 0.1) is 23.5 Å². The van der Waals surface area contributed by atoms with Crippen molar-refractivity contribution in [2.24, 2.45) is 0 Å². The summed E-state index contributed by atoms with van der Waals surface area (Å²) >= 11 is 13.2. The highest BCUT2D eigenvalue weighted by molar-refractivity contribution is 6.38. The molecule has 0 atom stereocenters. The highest BCUT2D eigenvalue weighted by Crippen LogP contribution is 2.35. The number of aromatic nitrogens is 1. The maximum atomic E-state index is 13.0. The largest absolute Gasteiger partial charge is 0.487 e. The lowest BCUT2D eigenvalue weighted by molar-refractivity contribution is -0.122. The third-order valence-electron chi connectivity index (χ3n) is 6.85. The van der Waals surface area contributed by atoms with E-state index in [2.05, 4.69) is 15.6 Å². The van der Waals surface area contributed by atoms with E-state index in [0.717, 1.165) is 22.2 Å². The fourth-order valence-corrected chi connectivity index (χ4v) is 4.99. The average Bonchev–Trinajstić information content (AvgIpc) is 3.59. The van der Waals surface area contributed by atoms with Crippen LogP contribution >= 0.6 is 23.2 Å². The summed E-state index contributed by atoms with van der Waals surface area (Å²) in [6.45, 7) is 1.70. The normalized spacial score (nSPS) is 11.0. The van der Waals surface area contributed by atoms with Gasteiger partial charge in [0.25, 0.3) is 5.91 Å². The van der Waals surface area contributed by atoms with Crippen LogP contribution < -0.4 is 20.3 Å². The average molecular weight is 644 g/mol. The van der Waals surface area contributed by atoms with Crippen molar-refractivity contribution in [1.82, 2.24) is 10.3 Å². The van der Waals surface area contributed by atoms with E-state index in [1.165, 1.54) is 17.2 Å². The van der Waals surface area contributed by atoms with Crippen LogP contribution in [0.25, 0.3) is 17.0 Å². The second-order valence-corrected chi connectivity index (χ2v) is 10.8. The molecule has 0 aliphatic heterocycles. The molecule has 5 aromatic rings. The number of ether oxygens (including phenoxy) is 1. The summed E-state index contributed by atoms with van der Waals surface area (Å²) in [5, 5.41) is 6.90. The molecule has 0 saturated carbocycles. The van der Waals surface area contributed by atoms with Crippen molar-refractivity contribution in [1.29, 1.82) is 0 Å². The fraction of sp³-hybridized carbons (Fsp3) is 0.118. The van der Waals surface area contributed by atoms with Crippen molar-refractivity contribution in [3.8, 4) is 5.75 Å². The third kappa shape index (κ3) is 7.70. The number of halogens is 2. The van der Waals surface area contributed by atoms with Crippen LogP contribution in [0.3, 0.4) is 0 Å². The van der Waals surface area contributed by atoms with E-state index >= 15 is 0 Å². The zero-order valence-electron chi connectivity index (χ0n) is 24.3. The van der Waals surface area contributed by atoms with Crippen LogP contribution in [0.4, 0.5) is 11.4 Å². The Morgan fingerprint density at radius 3 is 2.53 bits per heavy atom. The van der Waals surface area contributed by atoms with Gasteiger partial charge in [-0.05, 0) is 67.1 Å². The van der Waals surface area contributed by atoms with Crippen molar-refractivity contribution in [3.05, 3.63) is 124 Å². The Balaban J connectivity index is 1.16. The summed E-state index contributed by atoms with van der Waals surface area (Å²) in [5.41, 5.74) is 3.82. The first kappa shape index (κ1) is 31.3. The van der Waals surface area contributed by atoms with Crippen LogP contribution in [0.2, 0.25) is 10.0 Å². The smallest absolute Gasteiger partial charge is 0.291 e. The quantitative estimate of drug-likeness (QED) is 0.158. The van der Waals surface area contributed by atoms with Gasteiger partial charge >= 0.3 is 0 Å². The topological polar surface area (TPSA) is 114 Å². The minimum atomic E-state index is -0.456. The SMILES string of the molecule is Cc1ccc2cccc(OCc3c(Cl)ccc(N(C)C(=O)CNC(=O)/C=C/c4ccc(NC(=O)c5ccco5)cc4)c3Cl)c2n1. The molecule has 0 bridgehead atoms. The maximum Gasteiger partial charge on any atom is 0.291 e. The van der Waals surface area contributed by atoms with E-state index in [-0.39, 0.29) is 29.8 Å². The van der Waals surface area contributed by atoms with Gasteiger partial charge in [-0.15, -0.1) is 0 Å². The molecule has 2 heterocycles. The Labute approximate surface area is 269 Å². The number of furan rings is 1. The highest BCUT2D eigenvalue weighted by Gasteiger charge is 2.19. The summed E-state index contributed by atoms with van der Waals surface area (Å²) in [6, 6.07) is 22.9. The number of anilines is 2. The highest BCUT2D eigenvalue weighted by atomic mass is 35.5. The minimum absolute atomic E-state index is 0.0567. The molecule has 0 aliphatic carbocycles. The molecule has 45 heavy (non-hydrogen) atoms. The summed E-state index contributed by atoms with van der Waals surface area (Å²) in [5.74, 6) is -0.425. The van der Waals surface area contributed by atoms with Gasteiger partial charge in [-0.3, -0.25) is 14.4 Å². The second kappa shape index (κ2) is 14.1. The molecule has 5 rings (SSSR count). The standard InChI is InChI=1S/C34H28Cl2N4O5/c1-21-8-12-23-5-3-6-28(33(23)38-21)45-20-25-26(35)15-16-27(32(25)36)40(2)31(42)19-37-30(41)17-11-22-9-13-24(14-10-22)39-34(43)29-7-4-18-44-29/h3-18H,19-20H2,1-2H3,(H,37,41)(H,39,43)/b17-11+. The predicted molar refractivity (Wildman–Crippen MR) is 176 cm³/mol. The van der Waals surface area contributed by atoms with Crippen molar-refractivity contribution in [2.75, 3.05) is 23.8 Å². The lowest BCUT2D eigenvalue weighted by atomic mass is 10.1. The number of amides is 3. The molecular formula is C34H28Cl2N4O5. The van der Waals surface area contributed by atoms with Crippen molar-refractivity contribution in [2.45, 2.75) is 13.5 Å². The predicted octanol–water partition coefficient (Wildman–Crippen LogP) is 7.07. The maximum absolute atomic E-state index is 13.0. The monoisotopic (exact) mass is 642 g/mol. The molecule has 2 aromatic heterocycles. The van der Waals surface area contributed by atoms with Gasteiger partial charge in [-0.2, -0.15) is 0 Å². The lowest BCUT2D eigenvalue weighted by Gasteiger charge is -2.21. The number of pyridine rings is 1. The van der Waals surface area contributed by atoms with E-state index in [4.69, 9.17) is 32.4 Å². The number of nitrogens with one attached hydrogen (secondary N) is 2. The van der Waals surface area contributed by atoms with E-state index in [1.54, 1.807) is 61.7 Å². The molecule has 3 aromatic carbocycles. The van der Waals surface area contributed by atoms with Gasteiger partial charge in [0.15, 0.2) is 5.76 Å². The van der Waals surface area contributed by atoms with Crippen molar-refractivity contribution in [3.63, 3.8) is 0 Å². The Bertz CT molecular complexity index is 1890. The van der Waals surface area contributed by atoms with Crippen LogP contribution in [-0.4, -0.2) is 36.3 Å². The molecule has 0 aliphatic rings. The number of benzene rings is 3. The molecule has 0 fully saturated rings. The van der Waals surface area contributed by atoms with Gasteiger partial charge < -0.3 is 24.7 Å². The molecule has 9 nitrogen and oxygen atoms in total.